The Kier molecular flexibility index (Phi) is 7.32. The van der Waals surface area contributed by atoms with Crippen LogP contribution in [0.5, 0.6) is 0 Å². The first-order valence-corrected chi connectivity index (χ1v) is 14.2. The fourth-order valence-electron chi connectivity index (χ4n) is 5.63. The maximum Gasteiger partial charge on any atom is 0.337 e. The maximum absolute atomic E-state index is 13.1. The molecule has 6 aromatic rings. The zero-order valence-electron chi connectivity index (χ0n) is 23.7. The minimum absolute atomic E-state index is 0.0915. The Morgan fingerprint density at radius 1 is 0.881 bits per heavy atom. The van der Waals surface area contributed by atoms with E-state index in [1.807, 2.05) is 72.3 Å². The van der Waals surface area contributed by atoms with Gasteiger partial charge in [0.25, 0.3) is 5.91 Å². The molecule has 2 aromatic heterocycles. The number of rotatable bonds is 9. The van der Waals surface area contributed by atoms with Crippen LogP contribution in [0, 0.1) is 6.92 Å². The van der Waals surface area contributed by atoms with Crippen molar-refractivity contribution in [1.82, 2.24) is 19.4 Å². The second kappa shape index (κ2) is 11.4. The minimum atomic E-state index is -0.956. The molecule has 42 heavy (non-hydrogen) atoms. The van der Waals surface area contributed by atoms with E-state index >= 15 is 0 Å². The van der Waals surface area contributed by atoms with Crippen molar-refractivity contribution in [2.75, 3.05) is 6.54 Å². The molecule has 210 valence electrons. The molecule has 2 N–H and O–H groups in total. The number of imidazole rings is 1. The van der Waals surface area contributed by atoms with Crippen LogP contribution in [0.15, 0.2) is 97.2 Å². The van der Waals surface area contributed by atoms with E-state index in [0.717, 1.165) is 51.7 Å². The Bertz CT molecular complexity index is 1940. The summed E-state index contributed by atoms with van der Waals surface area (Å²) >= 11 is 0. The van der Waals surface area contributed by atoms with Crippen LogP contribution < -0.4 is 5.32 Å². The van der Waals surface area contributed by atoms with Crippen LogP contribution >= 0.6 is 0 Å². The van der Waals surface area contributed by atoms with Crippen molar-refractivity contribution in [2.24, 2.45) is 0 Å². The first kappa shape index (κ1) is 27.0. The van der Waals surface area contributed by atoms with Gasteiger partial charge in [-0.05, 0) is 72.5 Å². The van der Waals surface area contributed by atoms with Crippen molar-refractivity contribution in [3.05, 3.63) is 131 Å². The highest BCUT2D eigenvalue weighted by atomic mass is 16.4. The number of aryl methyl sites for hydroxylation is 2. The quantitative estimate of drug-likeness (QED) is 0.211. The number of aromatic carboxylic acids is 1. The molecule has 0 spiro atoms. The van der Waals surface area contributed by atoms with Crippen LogP contribution in [0.3, 0.4) is 0 Å². The van der Waals surface area contributed by atoms with Crippen LogP contribution in [-0.2, 0) is 19.4 Å². The van der Waals surface area contributed by atoms with Crippen molar-refractivity contribution in [3.8, 4) is 5.69 Å². The van der Waals surface area contributed by atoms with Gasteiger partial charge in [-0.3, -0.25) is 4.79 Å². The van der Waals surface area contributed by atoms with Crippen molar-refractivity contribution < 1.29 is 14.7 Å². The molecular formula is C35H32N4O3. The van der Waals surface area contributed by atoms with E-state index in [0.29, 0.717) is 24.3 Å². The van der Waals surface area contributed by atoms with E-state index in [4.69, 9.17) is 4.98 Å². The summed E-state index contributed by atoms with van der Waals surface area (Å²) in [5, 5.41) is 13.8. The van der Waals surface area contributed by atoms with Gasteiger partial charge in [-0.25, -0.2) is 9.78 Å². The lowest BCUT2D eigenvalue weighted by molar-refractivity contribution is 0.0696. The minimum Gasteiger partial charge on any atom is -0.478 e. The number of amides is 1. The van der Waals surface area contributed by atoms with Crippen molar-refractivity contribution >= 4 is 33.8 Å². The zero-order valence-corrected chi connectivity index (χ0v) is 23.7. The Balaban J connectivity index is 1.29. The molecular weight excluding hydrogens is 524 g/mol. The number of hydrogen-bond donors (Lipinski definition) is 2. The molecule has 0 fully saturated rings. The molecule has 0 saturated carbocycles. The largest absolute Gasteiger partial charge is 0.478 e. The monoisotopic (exact) mass is 556 g/mol. The van der Waals surface area contributed by atoms with E-state index in [2.05, 4.69) is 41.1 Å². The number of nitrogens with one attached hydrogen (secondary N) is 1. The number of carboxylic acid groups (broad SMARTS) is 1. The molecule has 0 saturated heterocycles. The molecule has 2 heterocycles. The second-order valence-electron chi connectivity index (χ2n) is 10.5. The van der Waals surface area contributed by atoms with Crippen molar-refractivity contribution in [3.63, 3.8) is 0 Å². The highest BCUT2D eigenvalue weighted by molar-refractivity contribution is 5.98. The van der Waals surface area contributed by atoms with E-state index < -0.39 is 5.97 Å². The van der Waals surface area contributed by atoms with E-state index in [9.17, 15) is 14.7 Å². The molecule has 0 aliphatic carbocycles. The molecule has 1 amide bonds. The lowest BCUT2D eigenvalue weighted by Crippen LogP contribution is -2.25. The van der Waals surface area contributed by atoms with Gasteiger partial charge in [0.05, 0.1) is 27.8 Å². The van der Waals surface area contributed by atoms with E-state index in [-0.39, 0.29) is 11.5 Å². The highest BCUT2D eigenvalue weighted by Crippen LogP contribution is 2.27. The number of hydrogen-bond acceptors (Lipinski definition) is 3. The lowest BCUT2D eigenvalue weighted by Gasteiger charge is -2.12. The summed E-state index contributed by atoms with van der Waals surface area (Å²) in [6.07, 6.45) is 3.45. The predicted octanol–water partition coefficient (Wildman–Crippen LogP) is 6.57. The van der Waals surface area contributed by atoms with Crippen LogP contribution in [-0.4, -0.2) is 37.6 Å². The van der Waals surface area contributed by atoms with Crippen LogP contribution in [0.25, 0.3) is 27.6 Å². The molecule has 0 aliphatic rings. The molecule has 0 aliphatic heterocycles. The molecule has 0 unspecified atom stereocenters. The normalized spacial score (nSPS) is 11.3. The van der Waals surface area contributed by atoms with Crippen LogP contribution in [0.2, 0.25) is 0 Å². The van der Waals surface area contributed by atoms with E-state index in [1.54, 1.807) is 12.1 Å². The summed E-state index contributed by atoms with van der Waals surface area (Å²) < 4.78 is 4.11. The summed E-state index contributed by atoms with van der Waals surface area (Å²) in [4.78, 5) is 29.9. The van der Waals surface area contributed by atoms with Gasteiger partial charge in [0.15, 0.2) is 0 Å². The predicted molar refractivity (Wildman–Crippen MR) is 166 cm³/mol. The fourth-order valence-corrected chi connectivity index (χ4v) is 5.63. The summed E-state index contributed by atoms with van der Waals surface area (Å²) in [6, 6.07) is 29.3. The van der Waals surface area contributed by atoms with Gasteiger partial charge in [0.2, 0.25) is 0 Å². The third-order valence-electron chi connectivity index (χ3n) is 7.73. The summed E-state index contributed by atoms with van der Waals surface area (Å²) in [5.41, 5.74) is 7.55. The molecule has 6 rings (SSSR count). The number of benzene rings is 4. The molecule has 7 nitrogen and oxygen atoms in total. The molecule has 0 atom stereocenters. The smallest absolute Gasteiger partial charge is 0.337 e. The van der Waals surface area contributed by atoms with Crippen LogP contribution in [0.4, 0.5) is 0 Å². The van der Waals surface area contributed by atoms with E-state index in [1.165, 1.54) is 5.56 Å². The first-order valence-electron chi connectivity index (χ1n) is 14.2. The Morgan fingerprint density at radius 3 is 2.45 bits per heavy atom. The SMILES string of the molecule is CCc1nc2c(C)cc(C(=O)NCCc3ccccc3)cc2n1Cc1ccc2c(ccn2-c2ccccc2C(=O)O)c1. The molecule has 7 heteroatoms. The van der Waals surface area contributed by atoms with Gasteiger partial charge in [-0.1, -0.05) is 55.5 Å². The molecule has 4 aromatic carbocycles. The first-order chi connectivity index (χ1) is 20.4. The number of carbonyl (C=O) groups is 2. The average Bonchev–Trinajstić information content (AvgIpc) is 3.59. The number of para-hydroxylation sites is 1. The van der Waals surface area contributed by atoms with Gasteiger partial charge >= 0.3 is 5.97 Å². The van der Waals surface area contributed by atoms with Crippen molar-refractivity contribution in [1.29, 1.82) is 0 Å². The summed E-state index contributed by atoms with van der Waals surface area (Å²) in [6.45, 7) is 5.26. The number of carbonyl (C=O) groups excluding carboxylic acids is 1. The van der Waals surface area contributed by atoms with Gasteiger partial charge in [0.1, 0.15) is 5.82 Å². The molecule has 0 bridgehead atoms. The van der Waals surface area contributed by atoms with Gasteiger partial charge < -0.3 is 19.6 Å². The molecule has 0 radical (unpaired) electrons. The van der Waals surface area contributed by atoms with Crippen molar-refractivity contribution in [2.45, 2.75) is 33.2 Å². The lowest BCUT2D eigenvalue weighted by atomic mass is 10.1. The Hall–Kier alpha value is -5.17. The summed E-state index contributed by atoms with van der Waals surface area (Å²) in [7, 11) is 0. The van der Waals surface area contributed by atoms with Gasteiger partial charge in [0, 0.05) is 36.7 Å². The zero-order chi connectivity index (χ0) is 29.2. The number of aromatic nitrogens is 3. The standard InChI is InChI=1S/C35H32N4O3/c1-3-32-37-33-23(2)19-27(34(40)36-17-15-24-9-5-4-6-10-24)21-31(33)39(32)22-25-13-14-29-26(20-25)16-18-38(29)30-12-8-7-11-28(30)35(41)42/h4-14,16,18-21H,3,15,17,22H2,1-2H3,(H,36,40)(H,41,42). The summed E-state index contributed by atoms with van der Waals surface area (Å²) in [5.74, 6) is -0.0865. The number of carboxylic acids is 1. The number of nitrogens with zero attached hydrogens (tertiary/aromatic N) is 3. The Labute approximate surface area is 244 Å². The fraction of sp³-hybridized carbons (Fsp3) is 0.171. The number of fused-ring (bicyclic) bond motifs is 2. The highest BCUT2D eigenvalue weighted by Gasteiger charge is 2.17. The van der Waals surface area contributed by atoms with Gasteiger partial charge in [-0.2, -0.15) is 0 Å². The Morgan fingerprint density at radius 2 is 1.67 bits per heavy atom. The third-order valence-corrected chi connectivity index (χ3v) is 7.73. The van der Waals surface area contributed by atoms with Gasteiger partial charge in [-0.15, -0.1) is 0 Å². The second-order valence-corrected chi connectivity index (χ2v) is 10.5. The third kappa shape index (κ3) is 5.17. The maximum atomic E-state index is 13.1. The topological polar surface area (TPSA) is 89.2 Å². The average molecular weight is 557 g/mol. The van der Waals surface area contributed by atoms with Crippen LogP contribution in [0.1, 0.15) is 50.2 Å².